The van der Waals surface area contributed by atoms with Crippen molar-refractivity contribution >= 4 is 44.7 Å². The fourth-order valence-electron chi connectivity index (χ4n) is 3.86. The first-order valence-electron chi connectivity index (χ1n) is 9.51. The second-order valence-electron chi connectivity index (χ2n) is 7.10. The van der Waals surface area contributed by atoms with Crippen LogP contribution in [0.4, 0.5) is 4.39 Å². The Hall–Kier alpha value is -0.231. The Kier molecular flexibility index (Phi) is 7.92. The third kappa shape index (κ3) is 4.29. The van der Waals surface area contributed by atoms with E-state index in [1.54, 1.807) is 6.07 Å². The van der Waals surface area contributed by atoms with Crippen LogP contribution in [0.5, 0.6) is 0 Å². The second kappa shape index (κ2) is 9.46. The second-order valence-corrected chi connectivity index (χ2v) is 20.6. The van der Waals surface area contributed by atoms with Crippen molar-refractivity contribution in [3.63, 3.8) is 0 Å². The molecule has 0 saturated heterocycles. The molecule has 0 bridgehead atoms. The van der Waals surface area contributed by atoms with Crippen molar-refractivity contribution in [2.24, 2.45) is 0 Å². The molecule has 0 aliphatic carbocycles. The number of fused-ring (bicyclic) bond motifs is 1. The number of hydrogen-bond acceptors (Lipinski definition) is 3. The molecule has 134 valence electrons. The van der Waals surface area contributed by atoms with Crippen molar-refractivity contribution in [2.75, 3.05) is 0 Å². The number of halogens is 1. The van der Waals surface area contributed by atoms with Crippen LogP contribution in [0.25, 0.3) is 11.0 Å². The van der Waals surface area contributed by atoms with E-state index < -0.39 is 18.4 Å². The number of aryl methyl sites for hydroxylation is 1. The molecule has 1 heterocycles. The normalized spacial score (nSPS) is 12.2. The summed E-state index contributed by atoms with van der Waals surface area (Å²) >= 11 is -1.58. The van der Waals surface area contributed by atoms with E-state index in [9.17, 15) is 0 Å². The molecule has 0 N–H and O–H groups in total. The van der Waals surface area contributed by atoms with Crippen LogP contribution in [0.1, 0.15) is 64.9 Å². The Labute approximate surface area is 154 Å². The van der Waals surface area contributed by atoms with Crippen LogP contribution in [-0.4, -0.2) is 27.1 Å². The van der Waals surface area contributed by atoms with Crippen molar-refractivity contribution in [3.8, 4) is 0 Å². The summed E-state index contributed by atoms with van der Waals surface area (Å²) in [5.74, 6) is 0.0202. The van der Waals surface area contributed by atoms with E-state index in [0.29, 0.717) is 0 Å². The van der Waals surface area contributed by atoms with Crippen LogP contribution in [-0.2, 0) is 0 Å². The van der Waals surface area contributed by atoms with Gasteiger partial charge in [-0.15, -0.1) is 0 Å². The zero-order valence-corrected chi connectivity index (χ0v) is 19.3. The number of nitrogens with zero attached hydrogens (tertiary/aromatic N) is 2. The Balaban J connectivity index is 2.61. The molecule has 0 saturated carbocycles. The quantitative estimate of drug-likeness (QED) is 0.398. The van der Waals surface area contributed by atoms with Crippen molar-refractivity contribution in [3.05, 3.63) is 17.4 Å². The Morgan fingerprint density at radius 2 is 1.42 bits per heavy atom. The molecular weight excluding hydrogens is 426 g/mol. The van der Waals surface area contributed by atoms with Gasteiger partial charge in [-0.3, -0.25) is 0 Å². The molecule has 1 aromatic carbocycles. The van der Waals surface area contributed by atoms with Crippen LogP contribution >= 0.6 is 11.7 Å². The Morgan fingerprint density at radius 1 is 0.917 bits per heavy atom. The van der Waals surface area contributed by atoms with Crippen molar-refractivity contribution < 1.29 is 4.39 Å². The van der Waals surface area contributed by atoms with Crippen LogP contribution in [0, 0.1) is 12.7 Å². The first-order chi connectivity index (χ1) is 11.6. The Bertz CT molecular complexity index is 634. The average Bonchev–Trinajstić information content (AvgIpc) is 3.05. The SMILES string of the molecule is CCC[CH2][Sn]([CH2]CCC)([CH2]CCC)[c]1c(F)cc(C)c2nsnc12. The molecule has 1 aromatic heterocycles. The summed E-state index contributed by atoms with van der Waals surface area (Å²) in [7, 11) is 0. The number of hydrogen-bond donors (Lipinski definition) is 0. The number of unbranched alkanes of at least 4 members (excludes halogenated alkanes) is 3. The molecular formula is C19H31FN2SSn. The number of benzene rings is 1. The molecule has 24 heavy (non-hydrogen) atoms. The van der Waals surface area contributed by atoms with E-state index in [2.05, 4.69) is 29.5 Å². The van der Waals surface area contributed by atoms with Gasteiger partial charge in [0, 0.05) is 0 Å². The maximum atomic E-state index is 15.2. The van der Waals surface area contributed by atoms with Crippen molar-refractivity contribution in [2.45, 2.75) is 79.5 Å². The summed E-state index contributed by atoms with van der Waals surface area (Å²) in [4.78, 5) is 0. The minimum atomic E-state index is -2.83. The summed E-state index contributed by atoms with van der Waals surface area (Å²) in [6, 6.07) is 1.73. The van der Waals surface area contributed by atoms with Gasteiger partial charge in [0.05, 0.1) is 0 Å². The molecule has 0 fully saturated rings. The molecule has 0 radical (unpaired) electrons. The van der Waals surface area contributed by atoms with Gasteiger partial charge < -0.3 is 0 Å². The van der Waals surface area contributed by atoms with Gasteiger partial charge in [-0.25, -0.2) is 0 Å². The summed E-state index contributed by atoms with van der Waals surface area (Å²) < 4.78 is 29.1. The third-order valence-corrected chi connectivity index (χ3v) is 21.4. The zero-order chi connectivity index (χ0) is 17.6. The van der Waals surface area contributed by atoms with Crippen LogP contribution < -0.4 is 3.58 Å². The minimum absolute atomic E-state index is 0.0202. The summed E-state index contributed by atoms with van der Waals surface area (Å²) in [6.07, 6.45) is 7.29. The summed E-state index contributed by atoms with van der Waals surface area (Å²) in [5, 5.41) is 0. The topological polar surface area (TPSA) is 25.8 Å². The van der Waals surface area contributed by atoms with Gasteiger partial charge in [-0.2, -0.15) is 0 Å². The molecule has 2 nitrogen and oxygen atoms in total. The fraction of sp³-hybridized carbons (Fsp3) is 0.684. The first kappa shape index (κ1) is 20.1. The van der Waals surface area contributed by atoms with E-state index in [1.165, 1.54) is 63.6 Å². The van der Waals surface area contributed by atoms with E-state index in [0.717, 1.165) is 20.2 Å². The average molecular weight is 457 g/mol. The molecule has 2 rings (SSSR count). The predicted molar refractivity (Wildman–Crippen MR) is 107 cm³/mol. The summed E-state index contributed by atoms with van der Waals surface area (Å²) in [6.45, 7) is 8.71. The van der Waals surface area contributed by atoms with E-state index in [4.69, 9.17) is 0 Å². The van der Waals surface area contributed by atoms with E-state index in [-0.39, 0.29) is 5.82 Å². The van der Waals surface area contributed by atoms with Gasteiger partial charge in [0.25, 0.3) is 0 Å². The Morgan fingerprint density at radius 3 is 1.92 bits per heavy atom. The molecule has 0 atom stereocenters. The van der Waals surface area contributed by atoms with Gasteiger partial charge in [0.15, 0.2) is 0 Å². The number of aromatic nitrogens is 2. The number of rotatable bonds is 10. The van der Waals surface area contributed by atoms with Crippen molar-refractivity contribution in [1.29, 1.82) is 0 Å². The van der Waals surface area contributed by atoms with Gasteiger partial charge in [0.1, 0.15) is 0 Å². The van der Waals surface area contributed by atoms with E-state index in [1.807, 2.05) is 6.92 Å². The van der Waals surface area contributed by atoms with Crippen LogP contribution in [0.3, 0.4) is 0 Å². The van der Waals surface area contributed by atoms with Gasteiger partial charge in [-0.1, -0.05) is 0 Å². The molecule has 5 heteroatoms. The molecule has 2 aromatic rings. The molecule has 0 aliphatic heterocycles. The third-order valence-electron chi connectivity index (χ3n) is 5.24. The molecule has 0 amide bonds. The van der Waals surface area contributed by atoms with Crippen LogP contribution in [0.15, 0.2) is 6.07 Å². The predicted octanol–water partition coefficient (Wildman–Crippen LogP) is 6.19. The zero-order valence-electron chi connectivity index (χ0n) is 15.6. The first-order valence-corrected chi connectivity index (χ1v) is 17.7. The maximum absolute atomic E-state index is 15.2. The molecule has 0 spiro atoms. The molecule has 0 unspecified atom stereocenters. The van der Waals surface area contributed by atoms with Crippen LogP contribution in [0.2, 0.25) is 13.3 Å². The van der Waals surface area contributed by atoms with Gasteiger partial charge in [0.2, 0.25) is 0 Å². The standard InChI is InChI=1S/C7H4FN2S.3C4H9.Sn/c1-4-2-5(8)3-6-7(4)10-11-9-6;3*1-3-4-2;/h2H,1H3;3*1,3-4H2,2H3;. The van der Waals surface area contributed by atoms with Gasteiger partial charge in [-0.05, 0) is 0 Å². The molecule has 0 aliphatic rings. The van der Waals surface area contributed by atoms with Crippen molar-refractivity contribution in [1.82, 2.24) is 8.75 Å². The van der Waals surface area contributed by atoms with E-state index >= 15 is 4.39 Å². The van der Waals surface area contributed by atoms with Gasteiger partial charge >= 0.3 is 155 Å². The summed E-state index contributed by atoms with van der Waals surface area (Å²) in [5.41, 5.74) is 2.79. The monoisotopic (exact) mass is 458 g/mol. The fourth-order valence-corrected chi connectivity index (χ4v) is 21.4.